The molecule has 1 nitrogen and oxygen atoms in total. The van der Waals surface area contributed by atoms with E-state index in [0.717, 1.165) is 0 Å². The van der Waals surface area contributed by atoms with Gasteiger partial charge >= 0.3 is 0 Å². The largest absolute Gasteiger partial charge is 0.359 e. The minimum Gasteiger partial charge on any atom is -0.359 e. The highest BCUT2D eigenvalue weighted by Crippen LogP contribution is 2.59. The van der Waals surface area contributed by atoms with Crippen molar-refractivity contribution in [3.63, 3.8) is 0 Å². The van der Waals surface area contributed by atoms with Gasteiger partial charge in [-0.3, -0.25) is 0 Å². The molecule has 1 heterocycles. The Hall–Kier alpha value is -2.12. The number of rotatable bonds is 0. The molecule has 0 N–H and O–H groups in total. The third-order valence-corrected chi connectivity index (χ3v) is 4.27. The van der Waals surface area contributed by atoms with Crippen LogP contribution in [0.3, 0.4) is 0 Å². The number of ether oxygens (including phenoxy) is 1. The molecule has 5 rings (SSSR count). The predicted molar refractivity (Wildman–Crippen MR) is 76.0 cm³/mol. The highest BCUT2D eigenvalue weighted by atomic mass is 16.6. The second kappa shape index (κ2) is 3.25. The third kappa shape index (κ3) is 1.23. The summed E-state index contributed by atoms with van der Waals surface area (Å²) >= 11 is 0. The van der Waals surface area contributed by atoms with E-state index in [-0.39, 0.29) is 12.2 Å². The van der Waals surface area contributed by atoms with Crippen molar-refractivity contribution >= 4 is 10.8 Å². The summed E-state index contributed by atoms with van der Waals surface area (Å²) in [5.41, 5.74) is 5.37. The molecule has 2 atom stereocenters. The number of benzene rings is 3. The minimum absolute atomic E-state index is 0.273. The third-order valence-electron chi connectivity index (χ3n) is 4.27. The molecule has 1 fully saturated rings. The summed E-state index contributed by atoms with van der Waals surface area (Å²) in [6.45, 7) is 0. The van der Waals surface area contributed by atoms with E-state index < -0.39 is 0 Å². The first-order valence-electron chi connectivity index (χ1n) is 6.69. The second-order valence-electron chi connectivity index (χ2n) is 5.35. The van der Waals surface area contributed by atoms with Crippen LogP contribution in [0, 0.1) is 0 Å². The molecule has 3 aromatic rings. The molecule has 1 heteroatoms. The van der Waals surface area contributed by atoms with Gasteiger partial charge in [0, 0.05) is 0 Å². The van der Waals surface area contributed by atoms with Gasteiger partial charge in [0.05, 0.1) is 0 Å². The highest BCUT2D eigenvalue weighted by Gasteiger charge is 2.47. The maximum absolute atomic E-state index is 5.88. The lowest BCUT2D eigenvalue weighted by Crippen LogP contribution is -1.99. The molecule has 0 aromatic heterocycles. The Labute approximate surface area is 111 Å². The molecule has 0 radical (unpaired) electrons. The lowest BCUT2D eigenvalue weighted by molar-refractivity contribution is 0.380. The summed E-state index contributed by atoms with van der Waals surface area (Å²) in [4.78, 5) is 0. The molecular formula is C18H12O. The van der Waals surface area contributed by atoms with Gasteiger partial charge in [0.2, 0.25) is 0 Å². The van der Waals surface area contributed by atoms with Gasteiger partial charge in [-0.15, -0.1) is 0 Å². The minimum atomic E-state index is 0.273. The van der Waals surface area contributed by atoms with Gasteiger partial charge in [-0.1, -0.05) is 48.5 Å². The topological polar surface area (TPSA) is 12.5 Å². The van der Waals surface area contributed by atoms with Gasteiger partial charge in [-0.2, -0.15) is 0 Å². The van der Waals surface area contributed by atoms with E-state index in [2.05, 4.69) is 60.7 Å². The van der Waals surface area contributed by atoms with Crippen LogP contribution in [0.4, 0.5) is 0 Å². The van der Waals surface area contributed by atoms with E-state index in [0.29, 0.717) is 0 Å². The first kappa shape index (κ1) is 9.76. The molecule has 1 saturated heterocycles. The van der Waals surface area contributed by atoms with Crippen LogP contribution in [0.5, 0.6) is 0 Å². The van der Waals surface area contributed by atoms with Crippen LogP contribution in [0.25, 0.3) is 21.9 Å². The summed E-state index contributed by atoms with van der Waals surface area (Å²) in [5.74, 6) is 0. The first-order chi connectivity index (χ1) is 9.42. The Kier molecular flexibility index (Phi) is 1.67. The fraction of sp³-hybridized carbons (Fsp3) is 0.111. The Morgan fingerprint density at radius 2 is 1.32 bits per heavy atom. The van der Waals surface area contributed by atoms with Crippen LogP contribution in [0.2, 0.25) is 0 Å². The smallest absolute Gasteiger partial charge is 0.114 e. The number of fused-ring (bicyclic) bond motifs is 7. The first-order valence-corrected chi connectivity index (χ1v) is 6.69. The Bertz CT molecular complexity index is 819. The Morgan fingerprint density at radius 3 is 2.21 bits per heavy atom. The normalized spacial score (nSPS) is 22.5. The van der Waals surface area contributed by atoms with Crippen LogP contribution in [-0.4, -0.2) is 0 Å². The second-order valence-corrected chi connectivity index (χ2v) is 5.35. The standard InChI is InChI=1S/C18H12O/c1-2-6-12-10-16-15(9-11(12)5-1)13-7-3-4-8-14(13)17-18(16)19-17/h1-10,17-18H. The van der Waals surface area contributed by atoms with Crippen molar-refractivity contribution in [1.29, 1.82) is 0 Å². The van der Waals surface area contributed by atoms with Crippen molar-refractivity contribution in [1.82, 2.24) is 0 Å². The van der Waals surface area contributed by atoms with Gasteiger partial charge in [0.15, 0.2) is 0 Å². The molecule has 90 valence electrons. The summed E-state index contributed by atoms with van der Waals surface area (Å²) in [7, 11) is 0. The van der Waals surface area contributed by atoms with Gasteiger partial charge < -0.3 is 4.74 Å². The Morgan fingerprint density at radius 1 is 0.632 bits per heavy atom. The van der Waals surface area contributed by atoms with E-state index in [4.69, 9.17) is 4.74 Å². The van der Waals surface area contributed by atoms with Crippen LogP contribution >= 0.6 is 0 Å². The molecular weight excluding hydrogens is 232 g/mol. The van der Waals surface area contributed by atoms with Crippen molar-refractivity contribution in [2.24, 2.45) is 0 Å². The average molecular weight is 244 g/mol. The molecule has 1 aliphatic carbocycles. The fourth-order valence-corrected chi connectivity index (χ4v) is 3.30. The lowest BCUT2D eigenvalue weighted by atomic mass is 9.84. The highest BCUT2D eigenvalue weighted by molar-refractivity contribution is 5.91. The lowest BCUT2D eigenvalue weighted by Gasteiger charge is -2.17. The van der Waals surface area contributed by atoms with Crippen molar-refractivity contribution in [3.8, 4) is 11.1 Å². The number of hydrogen-bond acceptors (Lipinski definition) is 1. The average Bonchev–Trinajstić information content (AvgIpc) is 3.27. The van der Waals surface area contributed by atoms with Gasteiger partial charge in [0.1, 0.15) is 12.2 Å². The van der Waals surface area contributed by atoms with Crippen molar-refractivity contribution in [2.45, 2.75) is 12.2 Å². The van der Waals surface area contributed by atoms with Crippen molar-refractivity contribution in [2.75, 3.05) is 0 Å². The zero-order valence-electron chi connectivity index (χ0n) is 10.3. The molecule has 3 aromatic carbocycles. The number of epoxide rings is 1. The summed E-state index contributed by atoms with van der Waals surface area (Å²) in [5, 5.41) is 2.60. The van der Waals surface area contributed by atoms with Crippen LogP contribution in [0.15, 0.2) is 60.7 Å². The van der Waals surface area contributed by atoms with Crippen molar-refractivity contribution < 1.29 is 4.74 Å². The fourth-order valence-electron chi connectivity index (χ4n) is 3.30. The summed E-state index contributed by atoms with van der Waals surface area (Å²) < 4.78 is 5.88. The maximum atomic E-state index is 5.88. The monoisotopic (exact) mass is 244 g/mol. The van der Waals surface area contributed by atoms with Gasteiger partial charge in [-0.05, 0) is 45.2 Å². The van der Waals surface area contributed by atoms with E-state index >= 15 is 0 Å². The van der Waals surface area contributed by atoms with Crippen LogP contribution < -0.4 is 0 Å². The number of hydrogen-bond donors (Lipinski definition) is 0. The molecule has 2 aliphatic rings. The summed E-state index contributed by atoms with van der Waals surface area (Å²) in [6.07, 6.45) is 0.555. The van der Waals surface area contributed by atoms with E-state index in [9.17, 15) is 0 Å². The zero-order valence-corrected chi connectivity index (χ0v) is 10.3. The van der Waals surface area contributed by atoms with Crippen molar-refractivity contribution in [3.05, 3.63) is 71.8 Å². The molecule has 0 saturated carbocycles. The molecule has 19 heavy (non-hydrogen) atoms. The molecule has 0 bridgehead atoms. The maximum Gasteiger partial charge on any atom is 0.114 e. The molecule has 1 aliphatic heterocycles. The molecule has 2 unspecified atom stereocenters. The SMILES string of the molecule is c1ccc2c(c1)-c1cc3ccccc3cc1C1OC21. The summed E-state index contributed by atoms with van der Waals surface area (Å²) in [6, 6.07) is 21.8. The van der Waals surface area contributed by atoms with E-state index in [1.54, 1.807) is 0 Å². The van der Waals surface area contributed by atoms with Gasteiger partial charge in [-0.25, -0.2) is 0 Å². The van der Waals surface area contributed by atoms with Crippen LogP contribution in [0.1, 0.15) is 23.3 Å². The molecule has 0 amide bonds. The molecule has 0 spiro atoms. The zero-order chi connectivity index (χ0) is 12.4. The van der Waals surface area contributed by atoms with Crippen LogP contribution in [-0.2, 0) is 4.74 Å². The Balaban J connectivity index is 1.90. The van der Waals surface area contributed by atoms with Gasteiger partial charge in [0.25, 0.3) is 0 Å². The predicted octanol–water partition coefficient (Wildman–Crippen LogP) is 4.63. The quantitative estimate of drug-likeness (QED) is 0.525. The van der Waals surface area contributed by atoms with E-state index in [1.165, 1.54) is 33.0 Å². The van der Waals surface area contributed by atoms with E-state index in [1.807, 2.05) is 0 Å².